The fourth-order valence-electron chi connectivity index (χ4n) is 2.73. The maximum Gasteiger partial charge on any atom is 0.242 e. The van der Waals surface area contributed by atoms with Gasteiger partial charge in [-0.05, 0) is 27.3 Å². The van der Waals surface area contributed by atoms with E-state index in [9.17, 15) is 4.79 Å². The van der Waals surface area contributed by atoms with Gasteiger partial charge in [-0.2, -0.15) is 0 Å². The Bertz CT molecular complexity index is 478. The number of nitrogens with one attached hydrogen (secondary N) is 1. The van der Waals surface area contributed by atoms with Crippen LogP contribution in [0.15, 0.2) is 5.38 Å². The van der Waals surface area contributed by atoms with Crippen molar-refractivity contribution in [2.45, 2.75) is 39.8 Å². The number of aromatic nitrogens is 1. The molecule has 21 heavy (non-hydrogen) atoms. The molecule has 2 rings (SSSR count). The second kappa shape index (κ2) is 6.85. The zero-order valence-electron chi connectivity index (χ0n) is 13.5. The zero-order chi connectivity index (χ0) is 15.5. The van der Waals surface area contributed by atoms with Gasteiger partial charge in [-0.25, -0.2) is 4.98 Å². The summed E-state index contributed by atoms with van der Waals surface area (Å²) < 4.78 is 0. The van der Waals surface area contributed by atoms with Gasteiger partial charge in [-0.1, -0.05) is 6.92 Å². The average molecular weight is 310 g/mol. The van der Waals surface area contributed by atoms with Gasteiger partial charge in [0.1, 0.15) is 0 Å². The first-order chi connectivity index (χ1) is 9.92. The molecule has 1 N–H and O–H groups in total. The molecular weight excluding hydrogens is 284 g/mol. The molecule has 1 aromatic rings. The summed E-state index contributed by atoms with van der Waals surface area (Å²) in [6, 6.07) is 0. The summed E-state index contributed by atoms with van der Waals surface area (Å²) in [6.07, 6.45) is 0. The Morgan fingerprint density at radius 3 is 2.57 bits per heavy atom. The molecule has 1 amide bonds. The lowest BCUT2D eigenvalue weighted by Gasteiger charge is -2.38. The van der Waals surface area contributed by atoms with Crippen molar-refractivity contribution >= 4 is 17.2 Å². The number of amides is 1. The smallest absolute Gasteiger partial charge is 0.242 e. The van der Waals surface area contributed by atoms with E-state index in [1.807, 2.05) is 32.6 Å². The van der Waals surface area contributed by atoms with E-state index in [1.54, 1.807) is 11.3 Å². The van der Waals surface area contributed by atoms with Crippen LogP contribution < -0.4 is 5.32 Å². The quantitative estimate of drug-likeness (QED) is 0.895. The third kappa shape index (κ3) is 4.25. The number of rotatable bonds is 5. The molecule has 1 fully saturated rings. The van der Waals surface area contributed by atoms with E-state index in [4.69, 9.17) is 0 Å². The molecule has 2 heterocycles. The maximum atomic E-state index is 12.5. The second-order valence-corrected chi connectivity index (χ2v) is 7.14. The fraction of sp³-hybridized carbons (Fsp3) is 0.733. The molecule has 1 aliphatic rings. The predicted octanol–water partition coefficient (Wildman–Crippen LogP) is 1.48. The van der Waals surface area contributed by atoms with E-state index in [2.05, 4.69) is 20.6 Å². The van der Waals surface area contributed by atoms with E-state index in [-0.39, 0.29) is 5.91 Å². The Morgan fingerprint density at radius 2 is 2.05 bits per heavy atom. The summed E-state index contributed by atoms with van der Waals surface area (Å²) in [5.74, 6) is 0.202. The van der Waals surface area contributed by atoms with Crippen molar-refractivity contribution in [2.24, 2.45) is 0 Å². The Labute approximate surface area is 131 Å². The summed E-state index contributed by atoms with van der Waals surface area (Å²) in [5, 5.41) is 6.50. The number of nitrogens with zero attached hydrogens (tertiary/aromatic N) is 3. The number of carbonyl (C=O) groups is 1. The van der Waals surface area contributed by atoms with Crippen LogP contribution in [0.25, 0.3) is 0 Å². The predicted molar refractivity (Wildman–Crippen MR) is 86.5 cm³/mol. The SMILES string of the molecule is CCNC(C)(C)C(=O)N1CCN(Cc2csc(C)n2)CC1. The van der Waals surface area contributed by atoms with Gasteiger partial charge < -0.3 is 10.2 Å². The Morgan fingerprint density at radius 1 is 1.38 bits per heavy atom. The van der Waals surface area contributed by atoms with Gasteiger partial charge >= 0.3 is 0 Å². The molecule has 118 valence electrons. The van der Waals surface area contributed by atoms with Gasteiger partial charge in [0, 0.05) is 38.1 Å². The normalized spacial score (nSPS) is 17.2. The van der Waals surface area contributed by atoms with Crippen LogP contribution in [0, 0.1) is 6.92 Å². The molecule has 0 atom stereocenters. The van der Waals surface area contributed by atoms with Gasteiger partial charge in [-0.15, -0.1) is 11.3 Å². The molecule has 0 aromatic carbocycles. The first kappa shape index (κ1) is 16.4. The lowest BCUT2D eigenvalue weighted by Crippen LogP contribution is -2.58. The van der Waals surface area contributed by atoms with Gasteiger partial charge in [0.2, 0.25) is 5.91 Å². The molecule has 0 aliphatic carbocycles. The maximum absolute atomic E-state index is 12.5. The van der Waals surface area contributed by atoms with Crippen LogP contribution in [-0.4, -0.2) is 59.0 Å². The summed E-state index contributed by atoms with van der Waals surface area (Å²) in [6.45, 7) is 13.1. The largest absolute Gasteiger partial charge is 0.339 e. The summed E-state index contributed by atoms with van der Waals surface area (Å²) in [5.41, 5.74) is 0.674. The molecule has 1 aromatic heterocycles. The van der Waals surface area contributed by atoms with Gasteiger partial charge in [-0.3, -0.25) is 9.69 Å². The highest BCUT2D eigenvalue weighted by molar-refractivity contribution is 7.09. The molecular formula is C15H26N4OS. The van der Waals surface area contributed by atoms with Crippen molar-refractivity contribution < 1.29 is 4.79 Å². The second-order valence-electron chi connectivity index (χ2n) is 6.08. The number of piperazine rings is 1. The Kier molecular flexibility index (Phi) is 5.35. The summed E-state index contributed by atoms with van der Waals surface area (Å²) >= 11 is 1.70. The van der Waals surface area contributed by atoms with Crippen molar-refractivity contribution in [1.29, 1.82) is 0 Å². The molecule has 6 heteroatoms. The molecule has 1 aliphatic heterocycles. The first-order valence-corrected chi connectivity index (χ1v) is 8.48. The molecule has 0 saturated carbocycles. The van der Waals surface area contributed by atoms with E-state index >= 15 is 0 Å². The molecule has 1 saturated heterocycles. The minimum atomic E-state index is -0.469. The molecule has 0 radical (unpaired) electrons. The summed E-state index contributed by atoms with van der Waals surface area (Å²) in [7, 11) is 0. The van der Waals surface area contributed by atoms with Gasteiger partial charge in [0.05, 0.1) is 16.2 Å². The van der Waals surface area contributed by atoms with Crippen molar-refractivity contribution in [3.8, 4) is 0 Å². The van der Waals surface area contributed by atoms with E-state index in [0.717, 1.165) is 50.0 Å². The van der Waals surface area contributed by atoms with Gasteiger partial charge in [0.25, 0.3) is 0 Å². The summed E-state index contributed by atoms with van der Waals surface area (Å²) in [4.78, 5) is 21.4. The van der Waals surface area contributed by atoms with Crippen LogP contribution in [0.5, 0.6) is 0 Å². The van der Waals surface area contributed by atoms with Crippen molar-refractivity contribution in [2.75, 3.05) is 32.7 Å². The zero-order valence-corrected chi connectivity index (χ0v) is 14.3. The minimum absolute atomic E-state index is 0.202. The molecule has 5 nitrogen and oxygen atoms in total. The monoisotopic (exact) mass is 310 g/mol. The average Bonchev–Trinajstić information content (AvgIpc) is 2.84. The number of likely N-dealkylation sites (N-methyl/N-ethyl adjacent to an activating group) is 1. The van der Waals surface area contributed by atoms with Crippen LogP contribution in [0.2, 0.25) is 0 Å². The number of aryl methyl sites for hydroxylation is 1. The molecule has 0 unspecified atom stereocenters. The van der Waals surface area contributed by atoms with E-state index in [1.165, 1.54) is 0 Å². The van der Waals surface area contributed by atoms with Crippen LogP contribution >= 0.6 is 11.3 Å². The molecule has 0 spiro atoms. The fourth-order valence-corrected chi connectivity index (χ4v) is 3.34. The third-order valence-electron chi connectivity index (χ3n) is 3.87. The number of carbonyl (C=O) groups excluding carboxylic acids is 1. The van der Waals surface area contributed by atoms with E-state index in [0.29, 0.717) is 0 Å². The highest BCUT2D eigenvalue weighted by Crippen LogP contribution is 2.14. The van der Waals surface area contributed by atoms with Crippen LogP contribution in [0.3, 0.4) is 0 Å². The van der Waals surface area contributed by atoms with Crippen LogP contribution in [0.1, 0.15) is 31.5 Å². The van der Waals surface area contributed by atoms with Gasteiger partial charge in [0.15, 0.2) is 0 Å². The van der Waals surface area contributed by atoms with Crippen LogP contribution in [-0.2, 0) is 11.3 Å². The van der Waals surface area contributed by atoms with E-state index < -0.39 is 5.54 Å². The number of hydrogen-bond donors (Lipinski definition) is 1. The van der Waals surface area contributed by atoms with Crippen molar-refractivity contribution in [3.63, 3.8) is 0 Å². The highest BCUT2D eigenvalue weighted by Gasteiger charge is 2.32. The lowest BCUT2D eigenvalue weighted by atomic mass is 10.0. The standard InChI is InChI=1S/C15H26N4OS/c1-5-16-15(3,4)14(20)19-8-6-18(7-9-19)10-13-11-21-12(2)17-13/h11,16H,5-10H2,1-4H3. The third-order valence-corrected chi connectivity index (χ3v) is 4.69. The topological polar surface area (TPSA) is 48.5 Å². The Balaban J connectivity index is 1.84. The number of hydrogen-bond acceptors (Lipinski definition) is 5. The Hall–Kier alpha value is -0.980. The van der Waals surface area contributed by atoms with Crippen molar-refractivity contribution in [1.82, 2.24) is 20.1 Å². The number of thiazole rings is 1. The molecule has 0 bridgehead atoms. The van der Waals surface area contributed by atoms with Crippen LogP contribution in [0.4, 0.5) is 0 Å². The lowest BCUT2D eigenvalue weighted by molar-refractivity contribution is -0.139. The first-order valence-electron chi connectivity index (χ1n) is 7.60. The van der Waals surface area contributed by atoms with Crippen molar-refractivity contribution in [3.05, 3.63) is 16.1 Å². The highest BCUT2D eigenvalue weighted by atomic mass is 32.1. The minimum Gasteiger partial charge on any atom is -0.339 e.